The normalized spacial score (nSPS) is 51.2. The van der Waals surface area contributed by atoms with Crippen LogP contribution in [0.2, 0.25) is 0 Å². The van der Waals surface area contributed by atoms with Crippen molar-refractivity contribution in [3.8, 4) is 11.5 Å². The van der Waals surface area contributed by atoms with Crippen molar-refractivity contribution in [2.24, 2.45) is 23.4 Å². The molecule has 6 heteroatoms. The number of fused-ring (bicyclic) bond motifs is 3. The lowest BCUT2D eigenvalue weighted by molar-refractivity contribution is -0.160. The summed E-state index contributed by atoms with van der Waals surface area (Å²) in [6, 6.07) is -10.4. The molecule has 1 fully saturated rings. The second kappa shape index (κ2) is 9.56. The highest BCUT2D eigenvalue weighted by atomic mass is 16.5. The fourth-order valence-electron chi connectivity index (χ4n) is 2.91. The third-order valence-corrected chi connectivity index (χ3v) is 4.30. The zero-order valence-corrected chi connectivity index (χ0v) is 15.6. The minimum Gasteiger partial charge on any atom is -0.493 e. The molecule has 1 aromatic rings. The van der Waals surface area contributed by atoms with Gasteiger partial charge in [-0.1, -0.05) is 27.4 Å². The van der Waals surface area contributed by atoms with Crippen molar-refractivity contribution in [2.75, 3.05) is 27.2 Å². The number of benzene rings is 1. The summed E-state index contributed by atoms with van der Waals surface area (Å²) in [5.74, 6) is -16.8. The molecule has 3 unspecified atom stereocenters. The maximum Gasteiger partial charge on any atom is 0.323 e. The van der Waals surface area contributed by atoms with Gasteiger partial charge in [0.1, 0.15) is 12.1 Å². The van der Waals surface area contributed by atoms with Crippen molar-refractivity contribution in [3.63, 3.8) is 0 Å². The van der Waals surface area contributed by atoms with Gasteiger partial charge in [-0.3, -0.25) is 9.69 Å². The average Bonchev–Trinajstić information content (AvgIpc) is 2.97. The highest BCUT2D eigenvalue weighted by Gasteiger charge is 2.41. The molecule has 1 aromatic carbocycles. The van der Waals surface area contributed by atoms with Crippen LogP contribution in [0.3, 0.4) is 0 Å². The number of esters is 1. The zero-order valence-electron chi connectivity index (χ0n) is 43.6. The van der Waals surface area contributed by atoms with Crippen LogP contribution in [-0.2, 0) is 15.9 Å². The average molecular weight is 447 g/mol. The second-order valence-electron chi connectivity index (χ2n) is 6.15. The first-order valence-electron chi connectivity index (χ1n) is 22.4. The predicted octanol–water partition coefficient (Wildman–Crippen LogP) is 3.56. The molecule has 0 radical (unpaired) electrons. The quantitative estimate of drug-likeness (QED) is 0.646. The van der Waals surface area contributed by atoms with E-state index in [9.17, 15) is 7.54 Å². The molecule has 0 amide bonds. The Morgan fingerprint density at radius 1 is 1.43 bits per heavy atom. The number of nitrogens with two attached hydrogens (primary N) is 1. The van der Waals surface area contributed by atoms with Crippen molar-refractivity contribution in [3.05, 3.63) is 23.2 Å². The Morgan fingerprint density at radius 2 is 2.23 bits per heavy atom. The number of rotatable bonds is 7. The van der Waals surface area contributed by atoms with Gasteiger partial charge >= 0.3 is 5.97 Å². The number of hydrogen-bond acceptors (Lipinski definition) is 6. The second-order valence-corrected chi connectivity index (χ2v) is 6.15. The first kappa shape index (κ1) is 6.16. The first-order chi connectivity index (χ1) is 25.2. The first-order valence-corrected chi connectivity index (χ1v) is 8.38. The lowest BCUT2D eigenvalue weighted by Crippen LogP contribution is -2.51. The Labute approximate surface area is 220 Å². The molecule has 1 saturated heterocycles. The topological polar surface area (TPSA) is 74.0 Å². The molecule has 0 saturated carbocycles. The van der Waals surface area contributed by atoms with E-state index in [-0.39, 0.29) is 4.90 Å². The molecule has 0 spiro atoms. The molecule has 3 rings (SSSR count). The zero-order chi connectivity index (χ0) is 46.2. The summed E-state index contributed by atoms with van der Waals surface area (Å²) in [5, 5.41) is 0. The van der Waals surface area contributed by atoms with Gasteiger partial charge in [0.15, 0.2) is 11.5 Å². The lowest BCUT2D eigenvalue weighted by atomic mass is 9.79. The van der Waals surface area contributed by atoms with Gasteiger partial charge in [-0.05, 0) is 47.7 Å². The number of nitrogens with zero attached hydrogens (tertiary/aromatic N) is 1. The molecule has 4 atom stereocenters. The molecule has 2 heterocycles. The van der Waals surface area contributed by atoms with E-state index in [0.717, 1.165) is 7.11 Å². The Balaban J connectivity index is 2.62. The van der Waals surface area contributed by atoms with E-state index >= 15 is 0 Å². The molecule has 168 valence electrons. The minimum atomic E-state index is -4.42. The fourth-order valence-corrected chi connectivity index (χ4v) is 2.91. The van der Waals surface area contributed by atoms with Crippen molar-refractivity contribution < 1.29 is 57.4 Å². The SMILES string of the molecule is [2H]c1c(OC([2H])([2H])[2H])c(OC)c([2H])c2c1C1([2H])CC([2H])(OC(=O)[C@@]([2H])(N)C([2H])(C([2H])([2H])[2H])C([2H])([2H])[2H])C(C([2H])([2H])C([2H])(C([2H])([2H])[2H])C([2H])([2H])[2H])CN1C([2H])([2H])C2([2H])[2H]. The number of methoxy groups -OCH3 is 2. The van der Waals surface area contributed by atoms with Gasteiger partial charge in [0.05, 0.1) is 25.1 Å². The van der Waals surface area contributed by atoms with Crippen molar-refractivity contribution >= 4 is 5.97 Å². The molecule has 30 heavy (non-hydrogen) atoms. The molecule has 2 N–H and O–H groups in total. The van der Waals surface area contributed by atoms with Gasteiger partial charge in [-0.2, -0.15) is 0 Å². The van der Waals surface area contributed by atoms with Crippen molar-refractivity contribution in [1.29, 1.82) is 0 Å². The van der Waals surface area contributed by atoms with E-state index in [1.807, 2.05) is 0 Å². The molecule has 6 nitrogen and oxygen atoms in total. The number of ether oxygens (including phenoxy) is 3. The van der Waals surface area contributed by atoms with Crippen LogP contribution < -0.4 is 15.2 Å². The van der Waals surface area contributed by atoms with Crippen LogP contribution in [0.15, 0.2) is 12.1 Å². The molecule has 0 aromatic heterocycles. The standard InChI is InChI=1S/C24H38N2O4/c1-14(2)9-17-13-26-8-7-16-10-21(28-5)22(29-6)11-18(16)19(26)12-20(17)30-24(27)23(25)15(3)4/h10-11,14-15,17,19-20,23H,7-9,12-13,25H2,1-6H3/t17?,19?,20?,23-/m0/s1/i1D3,2D3,3D3,4D3,6D3,7D2,8D2,9D2,10D,11D,14D,15D,19D,20D,23D. The summed E-state index contributed by atoms with van der Waals surface area (Å²) in [6.07, 6.45) is -13.9. The Hall–Kier alpha value is -1.79. The largest absolute Gasteiger partial charge is 0.493 e. The molecule has 0 aliphatic carbocycles. The highest BCUT2D eigenvalue weighted by Crippen LogP contribution is 2.44. The van der Waals surface area contributed by atoms with E-state index in [1.165, 1.54) is 0 Å². The van der Waals surface area contributed by atoms with E-state index in [4.69, 9.17) is 55.6 Å². The third kappa shape index (κ3) is 4.75. The van der Waals surface area contributed by atoms with Crippen molar-refractivity contribution in [2.45, 2.75) is 64.7 Å². The van der Waals surface area contributed by atoms with Crippen LogP contribution in [0.25, 0.3) is 0 Å². The van der Waals surface area contributed by atoms with Crippen LogP contribution in [0.4, 0.5) is 0 Å². The van der Waals surface area contributed by atoms with E-state index in [0.29, 0.717) is 0 Å². The van der Waals surface area contributed by atoms with Gasteiger partial charge in [0.25, 0.3) is 0 Å². The summed E-state index contributed by atoms with van der Waals surface area (Å²) in [4.78, 5) is 13.9. The van der Waals surface area contributed by atoms with Gasteiger partial charge in [-0.15, -0.1) is 0 Å². The Bertz CT molecular complexity index is 1770. The molecular weight excluding hydrogens is 380 g/mol. The monoisotopic (exact) mass is 446 g/mol. The minimum absolute atomic E-state index is 0.00400. The molecule has 0 bridgehead atoms. The van der Waals surface area contributed by atoms with Crippen LogP contribution in [0.5, 0.6) is 11.5 Å². The van der Waals surface area contributed by atoms with Crippen molar-refractivity contribution in [1.82, 2.24) is 4.90 Å². The van der Waals surface area contributed by atoms with Crippen LogP contribution >= 0.6 is 0 Å². The molecule has 2 aliphatic rings. The van der Waals surface area contributed by atoms with Gasteiger partial charge < -0.3 is 19.9 Å². The van der Waals surface area contributed by atoms with Gasteiger partial charge in [-0.25, -0.2) is 0 Å². The summed E-state index contributed by atoms with van der Waals surface area (Å²) in [5.41, 5.74) is 3.14. The van der Waals surface area contributed by atoms with Crippen LogP contribution in [0, 0.1) is 17.7 Å². The predicted molar refractivity (Wildman–Crippen MR) is 118 cm³/mol. The van der Waals surface area contributed by atoms with Crippen LogP contribution in [-0.4, -0.2) is 50.2 Å². The van der Waals surface area contributed by atoms with E-state index < -0.39 is 143 Å². The number of hydrogen-bond donors (Lipinski definition) is 1. The maximum absolute atomic E-state index is 13.9. The molecule has 2 aliphatic heterocycles. The highest BCUT2D eigenvalue weighted by molar-refractivity contribution is 5.76. The molecular formula is C24H38N2O4. The van der Waals surface area contributed by atoms with Gasteiger partial charge in [0, 0.05) is 58.8 Å². The lowest BCUT2D eigenvalue weighted by Gasteiger charge is -2.47. The number of carbonyl (C=O) groups is 1. The Morgan fingerprint density at radius 3 is 2.93 bits per heavy atom. The summed E-state index contributed by atoms with van der Waals surface area (Å²) in [6.45, 7) is -22.5. The van der Waals surface area contributed by atoms with Crippen LogP contribution in [0.1, 0.15) is 95.7 Å². The smallest absolute Gasteiger partial charge is 0.323 e. The number of carbonyl (C=O) groups excluding carboxylic acids is 1. The fraction of sp³-hybridized carbons (Fsp3) is 0.708. The van der Waals surface area contributed by atoms with Gasteiger partial charge in [0.2, 0.25) is 0 Å². The van der Waals surface area contributed by atoms with E-state index in [2.05, 4.69) is 0 Å². The van der Waals surface area contributed by atoms with E-state index in [1.54, 1.807) is 0 Å². The summed E-state index contributed by atoms with van der Waals surface area (Å²) in [7, 11) is -2.66. The Kier molecular flexibility index (Phi) is 1.97. The summed E-state index contributed by atoms with van der Waals surface area (Å²) >= 11 is 0. The third-order valence-electron chi connectivity index (χ3n) is 4.30. The number of piperidine rings is 1. The maximum atomic E-state index is 13.9. The summed E-state index contributed by atoms with van der Waals surface area (Å²) < 4.78 is 247.